The third-order valence-electron chi connectivity index (χ3n) is 1.64. The number of nitrogens with two attached hydrogens (primary N) is 1. The lowest BCUT2D eigenvalue weighted by Gasteiger charge is -2.01. The fraction of sp³-hybridized carbons (Fsp3) is 0.143. The summed E-state index contributed by atoms with van der Waals surface area (Å²) in [5.74, 6) is 0.873. The van der Waals surface area contributed by atoms with E-state index in [1.807, 2.05) is 6.07 Å². The lowest BCUT2D eigenvalue weighted by atomic mass is 10.4. The van der Waals surface area contributed by atoms with Crippen LogP contribution in [0.1, 0.15) is 0 Å². The molecule has 2 heterocycles. The topological polar surface area (TPSA) is 65.4 Å². The summed E-state index contributed by atoms with van der Waals surface area (Å²) in [6, 6.07) is 3.62. The van der Waals surface area contributed by atoms with Crippen molar-refractivity contribution in [3.8, 4) is 5.75 Å². The summed E-state index contributed by atoms with van der Waals surface area (Å²) in [6.45, 7) is 0. The lowest BCUT2D eigenvalue weighted by molar-refractivity contribution is 0.416. The summed E-state index contributed by atoms with van der Waals surface area (Å²) >= 11 is 3.32. The van der Waals surface area contributed by atoms with Gasteiger partial charge in [-0.05, 0) is 28.1 Å². The van der Waals surface area contributed by atoms with Crippen molar-refractivity contribution in [2.24, 2.45) is 0 Å². The van der Waals surface area contributed by atoms with Crippen LogP contribution in [0.3, 0.4) is 0 Å². The minimum absolute atomic E-state index is 0.227. The number of ether oxygens (including phenoxy) is 1. The summed E-state index contributed by atoms with van der Waals surface area (Å²) in [5, 5.41) is 3.98. The maximum Gasteiger partial charge on any atom is 0.240 e. The molecule has 68 valence electrons. The van der Waals surface area contributed by atoms with Gasteiger partial charge in [0.25, 0.3) is 0 Å². The Hall–Kier alpha value is -1.30. The Morgan fingerprint density at radius 2 is 2.31 bits per heavy atom. The molecule has 0 aliphatic rings. The molecule has 0 radical (unpaired) electrons. The van der Waals surface area contributed by atoms with E-state index in [1.54, 1.807) is 17.7 Å². The normalized spacial score (nSPS) is 10.6. The molecule has 0 fully saturated rings. The van der Waals surface area contributed by atoms with Gasteiger partial charge in [0, 0.05) is 0 Å². The molecular formula is C7H7BrN4O. The van der Waals surface area contributed by atoms with Crippen molar-refractivity contribution < 1.29 is 4.74 Å². The summed E-state index contributed by atoms with van der Waals surface area (Å²) in [5.41, 5.74) is 6.07. The Morgan fingerprint density at radius 3 is 3.00 bits per heavy atom. The number of rotatable bonds is 1. The molecule has 2 rings (SSSR count). The van der Waals surface area contributed by atoms with Gasteiger partial charge < -0.3 is 10.5 Å². The van der Waals surface area contributed by atoms with Crippen LogP contribution in [0.5, 0.6) is 5.75 Å². The molecule has 6 heteroatoms. The first kappa shape index (κ1) is 8.31. The van der Waals surface area contributed by atoms with Crippen molar-refractivity contribution in [2.45, 2.75) is 0 Å². The van der Waals surface area contributed by atoms with Crippen molar-refractivity contribution in [1.82, 2.24) is 14.6 Å². The lowest BCUT2D eigenvalue weighted by Crippen LogP contribution is -1.93. The third-order valence-corrected chi connectivity index (χ3v) is 2.24. The molecule has 2 aromatic rings. The minimum Gasteiger partial charge on any atom is -0.493 e. The van der Waals surface area contributed by atoms with Crippen LogP contribution in [-0.2, 0) is 0 Å². The molecule has 2 aromatic heterocycles. The van der Waals surface area contributed by atoms with Gasteiger partial charge in [-0.25, -0.2) is 4.52 Å². The zero-order valence-corrected chi connectivity index (χ0v) is 8.45. The quantitative estimate of drug-likeness (QED) is 0.761. The number of anilines is 1. The van der Waals surface area contributed by atoms with E-state index in [1.165, 1.54) is 0 Å². The van der Waals surface area contributed by atoms with Gasteiger partial charge in [0.15, 0.2) is 5.75 Å². The highest BCUT2D eigenvalue weighted by atomic mass is 79.9. The zero-order valence-electron chi connectivity index (χ0n) is 6.86. The molecule has 0 unspecified atom stereocenters. The first-order valence-corrected chi connectivity index (χ1v) is 4.36. The second-order valence-corrected chi connectivity index (χ2v) is 3.24. The fourth-order valence-electron chi connectivity index (χ4n) is 1.09. The largest absolute Gasteiger partial charge is 0.493 e. The average molecular weight is 243 g/mol. The first-order chi connectivity index (χ1) is 6.22. The van der Waals surface area contributed by atoms with E-state index >= 15 is 0 Å². The molecule has 0 spiro atoms. The SMILES string of the molecule is COc1ccc(Br)n2nc(N)nc12. The van der Waals surface area contributed by atoms with E-state index in [-0.39, 0.29) is 5.95 Å². The smallest absolute Gasteiger partial charge is 0.240 e. The van der Waals surface area contributed by atoms with Gasteiger partial charge in [-0.1, -0.05) is 0 Å². The van der Waals surface area contributed by atoms with Crippen LogP contribution in [0, 0.1) is 0 Å². The summed E-state index contributed by atoms with van der Waals surface area (Å²) in [6.07, 6.45) is 0. The van der Waals surface area contributed by atoms with E-state index in [2.05, 4.69) is 26.0 Å². The van der Waals surface area contributed by atoms with E-state index in [9.17, 15) is 0 Å². The molecule has 0 aliphatic carbocycles. The Balaban J connectivity index is 2.83. The highest BCUT2D eigenvalue weighted by Gasteiger charge is 2.08. The number of fused-ring (bicyclic) bond motifs is 1. The van der Waals surface area contributed by atoms with Crippen LogP contribution in [0.25, 0.3) is 5.65 Å². The molecule has 13 heavy (non-hydrogen) atoms. The van der Waals surface area contributed by atoms with E-state index < -0.39 is 0 Å². The molecule has 0 bridgehead atoms. The molecule has 0 saturated heterocycles. The first-order valence-electron chi connectivity index (χ1n) is 3.57. The Labute approximate surface area is 82.6 Å². The number of hydrogen-bond acceptors (Lipinski definition) is 4. The Kier molecular flexibility index (Phi) is 1.84. The Bertz CT molecular complexity index is 453. The van der Waals surface area contributed by atoms with Crippen LogP contribution in [0.2, 0.25) is 0 Å². The highest BCUT2D eigenvalue weighted by molar-refractivity contribution is 9.10. The van der Waals surface area contributed by atoms with Crippen LogP contribution < -0.4 is 10.5 Å². The molecule has 0 saturated carbocycles. The number of methoxy groups -OCH3 is 1. The van der Waals surface area contributed by atoms with Crippen molar-refractivity contribution in [2.75, 3.05) is 12.8 Å². The van der Waals surface area contributed by atoms with Crippen molar-refractivity contribution >= 4 is 27.5 Å². The van der Waals surface area contributed by atoms with E-state index in [0.717, 1.165) is 4.60 Å². The van der Waals surface area contributed by atoms with Gasteiger partial charge in [0.2, 0.25) is 11.6 Å². The zero-order chi connectivity index (χ0) is 9.42. The summed E-state index contributed by atoms with van der Waals surface area (Å²) in [4.78, 5) is 4.02. The maximum absolute atomic E-state index is 5.46. The second kappa shape index (κ2) is 2.88. The summed E-state index contributed by atoms with van der Waals surface area (Å²) in [7, 11) is 1.58. The van der Waals surface area contributed by atoms with Gasteiger partial charge >= 0.3 is 0 Å². The average Bonchev–Trinajstić information content (AvgIpc) is 2.48. The van der Waals surface area contributed by atoms with Gasteiger partial charge in [-0.15, -0.1) is 5.10 Å². The maximum atomic E-state index is 5.46. The molecular weight excluding hydrogens is 236 g/mol. The van der Waals surface area contributed by atoms with Crippen molar-refractivity contribution in [3.63, 3.8) is 0 Å². The molecule has 0 amide bonds. The standard InChI is InChI=1S/C7H7BrN4O/c1-13-4-2-3-5(8)12-6(4)10-7(9)11-12/h2-3H,1H3,(H2,9,11). The number of halogens is 1. The number of pyridine rings is 1. The number of nitrogens with zero attached hydrogens (tertiary/aromatic N) is 3. The molecule has 0 aromatic carbocycles. The number of nitrogen functional groups attached to an aromatic ring is 1. The van der Waals surface area contributed by atoms with E-state index in [0.29, 0.717) is 11.4 Å². The van der Waals surface area contributed by atoms with E-state index in [4.69, 9.17) is 10.5 Å². The molecule has 0 atom stereocenters. The number of aromatic nitrogens is 3. The second-order valence-electron chi connectivity index (χ2n) is 2.43. The van der Waals surface area contributed by atoms with Gasteiger partial charge in [0.1, 0.15) is 4.60 Å². The molecule has 5 nitrogen and oxygen atoms in total. The van der Waals surface area contributed by atoms with Crippen LogP contribution >= 0.6 is 15.9 Å². The fourth-order valence-corrected chi connectivity index (χ4v) is 1.46. The van der Waals surface area contributed by atoms with Crippen LogP contribution in [0.4, 0.5) is 5.95 Å². The van der Waals surface area contributed by atoms with Gasteiger partial charge in [-0.2, -0.15) is 4.98 Å². The van der Waals surface area contributed by atoms with Crippen molar-refractivity contribution in [1.29, 1.82) is 0 Å². The Morgan fingerprint density at radius 1 is 1.54 bits per heavy atom. The monoisotopic (exact) mass is 242 g/mol. The predicted octanol–water partition coefficient (Wildman–Crippen LogP) is 1.08. The molecule has 0 aliphatic heterocycles. The summed E-state index contributed by atoms with van der Waals surface area (Å²) < 4.78 is 7.46. The third kappa shape index (κ3) is 1.23. The van der Waals surface area contributed by atoms with Crippen LogP contribution in [-0.4, -0.2) is 21.7 Å². The number of hydrogen-bond donors (Lipinski definition) is 1. The predicted molar refractivity (Wildman–Crippen MR) is 51.7 cm³/mol. The minimum atomic E-state index is 0.227. The highest BCUT2D eigenvalue weighted by Crippen LogP contribution is 2.22. The van der Waals surface area contributed by atoms with Crippen molar-refractivity contribution in [3.05, 3.63) is 16.7 Å². The van der Waals surface area contributed by atoms with Gasteiger partial charge in [-0.3, -0.25) is 0 Å². The van der Waals surface area contributed by atoms with Gasteiger partial charge in [0.05, 0.1) is 7.11 Å². The molecule has 2 N–H and O–H groups in total. The van der Waals surface area contributed by atoms with Crippen LogP contribution in [0.15, 0.2) is 16.7 Å².